The number of anilines is 2. The molecular weight excluding hydrogens is 352 g/mol. The maximum absolute atomic E-state index is 12.2. The number of carbonyl (C=O) groups excluding carboxylic acids is 1. The lowest BCUT2D eigenvalue weighted by molar-refractivity contribution is -0.114. The SMILES string of the molecule is Cc1ccc(NC(=O)CNc2cccc3ccccc23)c(Br)c1. The minimum Gasteiger partial charge on any atom is -0.376 e. The van der Waals surface area contributed by atoms with Gasteiger partial charge in [-0.05, 0) is 52.0 Å². The molecule has 23 heavy (non-hydrogen) atoms. The lowest BCUT2D eigenvalue weighted by Gasteiger charge is -2.11. The van der Waals surface area contributed by atoms with Gasteiger partial charge in [-0.25, -0.2) is 0 Å². The Morgan fingerprint density at radius 3 is 2.61 bits per heavy atom. The molecule has 3 aromatic rings. The number of nitrogens with one attached hydrogen (secondary N) is 2. The first-order valence-corrected chi connectivity index (χ1v) is 8.20. The minimum absolute atomic E-state index is 0.0810. The highest BCUT2D eigenvalue weighted by molar-refractivity contribution is 9.10. The Balaban J connectivity index is 1.69. The van der Waals surface area contributed by atoms with E-state index < -0.39 is 0 Å². The number of amides is 1. The zero-order valence-electron chi connectivity index (χ0n) is 12.8. The number of hydrogen-bond donors (Lipinski definition) is 2. The van der Waals surface area contributed by atoms with Crippen molar-refractivity contribution in [2.45, 2.75) is 6.92 Å². The molecule has 3 aromatic carbocycles. The second kappa shape index (κ2) is 6.84. The fraction of sp³-hybridized carbons (Fsp3) is 0.105. The van der Waals surface area contributed by atoms with Crippen LogP contribution in [0.4, 0.5) is 11.4 Å². The molecule has 3 rings (SSSR count). The summed E-state index contributed by atoms with van der Waals surface area (Å²) in [4.78, 5) is 12.2. The van der Waals surface area contributed by atoms with Crippen molar-refractivity contribution in [2.75, 3.05) is 17.2 Å². The molecule has 0 aliphatic carbocycles. The predicted octanol–water partition coefficient (Wildman–Crippen LogP) is 4.96. The molecule has 0 bridgehead atoms. The zero-order valence-corrected chi connectivity index (χ0v) is 14.4. The lowest BCUT2D eigenvalue weighted by Crippen LogP contribution is -2.22. The Bertz CT molecular complexity index is 856. The van der Waals surface area contributed by atoms with E-state index in [9.17, 15) is 4.79 Å². The highest BCUT2D eigenvalue weighted by atomic mass is 79.9. The average molecular weight is 369 g/mol. The Kier molecular flexibility index (Phi) is 4.63. The molecule has 0 saturated carbocycles. The molecule has 0 aliphatic heterocycles. The van der Waals surface area contributed by atoms with E-state index in [0.29, 0.717) is 0 Å². The molecule has 4 heteroatoms. The van der Waals surface area contributed by atoms with Crippen LogP contribution in [0, 0.1) is 6.92 Å². The number of hydrogen-bond acceptors (Lipinski definition) is 2. The van der Waals surface area contributed by atoms with E-state index in [1.807, 2.05) is 55.5 Å². The molecule has 0 radical (unpaired) electrons. The van der Waals surface area contributed by atoms with Crippen LogP contribution in [0.5, 0.6) is 0 Å². The van der Waals surface area contributed by atoms with E-state index in [4.69, 9.17) is 0 Å². The summed E-state index contributed by atoms with van der Waals surface area (Å²) >= 11 is 3.47. The molecule has 0 unspecified atom stereocenters. The van der Waals surface area contributed by atoms with Gasteiger partial charge in [0.15, 0.2) is 0 Å². The average Bonchev–Trinajstić information content (AvgIpc) is 2.55. The van der Waals surface area contributed by atoms with E-state index in [2.05, 4.69) is 38.7 Å². The molecule has 0 saturated heterocycles. The summed E-state index contributed by atoms with van der Waals surface area (Å²) in [6.45, 7) is 2.23. The van der Waals surface area contributed by atoms with Crippen molar-refractivity contribution in [3.8, 4) is 0 Å². The van der Waals surface area contributed by atoms with Gasteiger partial charge >= 0.3 is 0 Å². The summed E-state index contributed by atoms with van der Waals surface area (Å²) in [7, 11) is 0. The molecule has 2 N–H and O–H groups in total. The van der Waals surface area contributed by atoms with E-state index in [1.54, 1.807) is 0 Å². The summed E-state index contributed by atoms with van der Waals surface area (Å²) in [5.74, 6) is -0.0810. The van der Waals surface area contributed by atoms with E-state index in [-0.39, 0.29) is 12.5 Å². The van der Waals surface area contributed by atoms with Gasteiger partial charge in [0, 0.05) is 15.5 Å². The molecule has 116 valence electrons. The van der Waals surface area contributed by atoms with Crippen molar-refractivity contribution >= 4 is 44.0 Å². The second-order valence-electron chi connectivity index (χ2n) is 5.41. The normalized spacial score (nSPS) is 10.5. The number of fused-ring (bicyclic) bond motifs is 1. The second-order valence-corrected chi connectivity index (χ2v) is 6.27. The van der Waals surface area contributed by atoms with Gasteiger partial charge in [0.05, 0.1) is 12.2 Å². The maximum Gasteiger partial charge on any atom is 0.243 e. The number of aryl methyl sites for hydroxylation is 1. The molecule has 1 amide bonds. The van der Waals surface area contributed by atoms with E-state index in [1.165, 1.54) is 0 Å². The summed E-state index contributed by atoms with van der Waals surface area (Å²) < 4.78 is 0.885. The maximum atomic E-state index is 12.2. The van der Waals surface area contributed by atoms with E-state index >= 15 is 0 Å². The number of rotatable bonds is 4. The molecule has 0 heterocycles. The number of halogens is 1. The fourth-order valence-electron chi connectivity index (χ4n) is 2.47. The predicted molar refractivity (Wildman–Crippen MR) is 99.9 cm³/mol. The number of benzene rings is 3. The highest BCUT2D eigenvalue weighted by Crippen LogP contribution is 2.24. The van der Waals surface area contributed by atoms with E-state index in [0.717, 1.165) is 32.2 Å². The zero-order chi connectivity index (χ0) is 16.2. The Morgan fingerprint density at radius 2 is 1.78 bits per heavy atom. The molecule has 0 spiro atoms. The van der Waals surface area contributed by atoms with Gasteiger partial charge in [-0.15, -0.1) is 0 Å². The first-order chi connectivity index (χ1) is 11.1. The number of carbonyl (C=O) groups is 1. The molecule has 0 fully saturated rings. The lowest BCUT2D eigenvalue weighted by atomic mass is 10.1. The van der Waals surface area contributed by atoms with Crippen LogP contribution in [0.2, 0.25) is 0 Å². The van der Waals surface area contributed by atoms with Gasteiger partial charge < -0.3 is 10.6 Å². The van der Waals surface area contributed by atoms with Crippen LogP contribution in [-0.2, 0) is 4.79 Å². The van der Waals surface area contributed by atoms with Gasteiger partial charge in [0.25, 0.3) is 0 Å². The molecule has 0 aliphatic rings. The Hall–Kier alpha value is -2.33. The van der Waals surface area contributed by atoms with Gasteiger partial charge in [0.2, 0.25) is 5.91 Å². The van der Waals surface area contributed by atoms with Gasteiger partial charge in [-0.1, -0.05) is 42.5 Å². The smallest absolute Gasteiger partial charge is 0.243 e. The van der Waals surface area contributed by atoms with Crippen molar-refractivity contribution in [2.24, 2.45) is 0 Å². The van der Waals surface area contributed by atoms with Crippen molar-refractivity contribution in [1.82, 2.24) is 0 Å². The van der Waals surface area contributed by atoms with Crippen LogP contribution < -0.4 is 10.6 Å². The van der Waals surface area contributed by atoms with Crippen molar-refractivity contribution in [1.29, 1.82) is 0 Å². The van der Waals surface area contributed by atoms with Crippen LogP contribution in [0.1, 0.15) is 5.56 Å². The van der Waals surface area contributed by atoms with Crippen molar-refractivity contribution < 1.29 is 4.79 Å². The van der Waals surface area contributed by atoms with Crippen molar-refractivity contribution in [3.05, 3.63) is 70.7 Å². The molecule has 0 atom stereocenters. The van der Waals surface area contributed by atoms with Gasteiger partial charge in [-0.3, -0.25) is 4.79 Å². The van der Waals surface area contributed by atoms with Crippen molar-refractivity contribution in [3.63, 3.8) is 0 Å². The fourth-order valence-corrected chi connectivity index (χ4v) is 3.06. The first-order valence-electron chi connectivity index (χ1n) is 7.41. The summed E-state index contributed by atoms with van der Waals surface area (Å²) in [6, 6.07) is 20.0. The van der Waals surface area contributed by atoms with Gasteiger partial charge in [-0.2, -0.15) is 0 Å². The summed E-state index contributed by atoms with van der Waals surface area (Å²) in [6.07, 6.45) is 0. The Labute approximate surface area is 143 Å². The topological polar surface area (TPSA) is 41.1 Å². The third-order valence-corrected chi connectivity index (χ3v) is 4.28. The third-order valence-electron chi connectivity index (χ3n) is 3.63. The van der Waals surface area contributed by atoms with Crippen LogP contribution >= 0.6 is 15.9 Å². The first kappa shape index (κ1) is 15.6. The highest BCUT2D eigenvalue weighted by Gasteiger charge is 2.07. The molecule has 0 aromatic heterocycles. The minimum atomic E-state index is -0.0810. The van der Waals surface area contributed by atoms with Gasteiger partial charge in [0.1, 0.15) is 0 Å². The largest absolute Gasteiger partial charge is 0.376 e. The summed E-state index contributed by atoms with van der Waals surface area (Å²) in [5.41, 5.74) is 2.88. The van der Waals surface area contributed by atoms with Crippen LogP contribution in [0.25, 0.3) is 10.8 Å². The molecule has 3 nitrogen and oxygen atoms in total. The monoisotopic (exact) mass is 368 g/mol. The van der Waals surface area contributed by atoms with Crippen LogP contribution in [-0.4, -0.2) is 12.5 Å². The summed E-state index contributed by atoms with van der Waals surface area (Å²) in [5, 5.41) is 8.38. The molecular formula is C19H17BrN2O. The quantitative estimate of drug-likeness (QED) is 0.682. The van der Waals surface area contributed by atoms with Crippen LogP contribution in [0.15, 0.2) is 65.1 Å². The van der Waals surface area contributed by atoms with Crippen LogP contribution in [0.3, 0.4) is 0 Å². The standard InChI is InChI=1S/C19H17BrN2O/c1-13-9-10-18(16(20)11-13)22-19(23)12-21-17-8-4-6-14-5-2-3-7-15(14)17/h2-11,21H,12H2,1H3,(H,22,23). The third kappa shape index (κ3) is 3.71. The Morgan fingerprint density at radius 1 is 1.00 bits per heavy atom.